The number of aryl methyl sites for hydroxylation is 2. The molecule has 4 nitrogen and oxygen atoms in total. The Kier molecular flexibility index (Phi) is 4.03. The number of nitrogens with zero attached hydrogens (tertiary/aromatic N) is 3. The molecule has 0 aliphatic carbocycles. The predicted octanol–water partition coefficient (Wildman–Crippen LogP) is 1.13. The number of hydrogen-bond donors (Lipinski definition) is 1. The molecule has 1 atom stereocenters. The van der Waals surface area contributed by atoms with E-state index < -0.39 is 0 Å². The maximum absolute atomic E-state index is 5.63. The van der Waals surface area contributed by atoms with Gasteiger partial charge in [-0.15, -0.1) is 0 Å². The molecule has 0 saturated heterocycles. The zero-order valence-electron chi connectivity index (χ0n) is 9.99. The Labute approximate surface area is 91.5 Å². The van der Waals surface area contributed by atoms with Crippen molar-refractivity contribution in [3.8, 4) is 0 Å². The number of anilines is 1. The van der Waals surface area contributed by atoms with E-state index in [0.717, 1.165) is 23.8 Å². The van der Waals surface area contributed by atoms with Crippen LogP contribution < -0.4 is 10.6 Å². The third-order valence-electron chi connectivity index (χ3n) is 2.60. The van der Waals surface area contributed by atoms with Gasteiger partial charge in [-0.25, -0.2) is 9.97 Å². The Morgan fingerprint density at radius 1 is 1.47 bits per heavy atom. The quantitative estimate of drug-likeness (QED) is 0.806. The van der Waals surface area contributed by atoms with Gasteiger partial charge in [0, 0.05) is 31.4 Å². The molecule has 0 amide bonds. The smallest absolute Gasteiger partial charge is 0.132 e. The number of nitrogens with two attached hydrogens (primary N) is 1. The molecule has 1 unspecified atom stereocenters. The summed E-state index contributed by atoms with van der Waals surface area (Å²) in [6.45, 7) is 6.73. The fraction of sp³-hybridized carbons (Fsp3) is 0.636. The van der Waals surface area contributed by atoms with Gasteiger partial charge in [0.1, 0.15) is 11.6 Å². The molecule has 1 aromatic rings. The minimum absolute atomic E-state index is 0.295. The molecule has 0 aliphatic rings. The molecule has 0 radical (unpaired) electrons. The fourth-order valence-corrected chi connectivity index (χ4v) is 1.36. The maximum atomic E-state index is 5.63. The first-order chi connectivity index (χ1) is 7.08. The van der Waals surface area contributed by atoms with E-state index in [-0.39, 0.29) is 0 Å². The van der Waals surface area contributed by atoms with Gasteiger partial charge in [-0.05, 0) is 20.3 Å². The van der Waals surface area contributed by atoms with Crippen LogP contribution in [-0.4, -0.2) is 29.6 Å². The van der Waals surface area contributed by atoms with Crippen LogP contribution in [0.15, 0.2) is 6.07 Å². The number of aromatic nitrogens is 2. The summed E-state index contributed by atoms with van der Waals surface area (Å²) < 4.78 is 0. The van der Waals surface area contributed by atoms with Gasteiger partial charge in [0.2, 0.25) is 0 Å². The van der Waals surface area contributed by atoms with Crippen LogP contribution in [0, 0.1) is 6.92 Å². The predicted molar refractivity (Wildman–Crippen MR) is 63.1 cm³/mol. The molecule has 4 heteroatoms. The highest BCUT2D eigenvalue weighted by molar-refractivity contribution is 5.40. The Bertz CT molecular complexity index is 324. The summed E-state index contributed by atoms with van der Waals surface area (Å²) in [5.74, 6) is 1.78. The van der Waals surface area contributed by atoms with E-state index in [2.05, 4.69) is 28.7 Å². The van der Waals surface area contributed by atoms with Gasteiger partial charge < -0.3 is 10.6 Å². The van der Waals surface area contributed by atoms with Crippen LogP contribution in [0.1, 0.15) is 25.4 Å². The van der Waals surface area contributed by atoms with Crippen molar-refractivity contribution in [2.45, 2.75) is 33.2 Å². The summed E-state index contributed by atoms with van der Waals surface area (Å²) in [4.78, 5) is 10.9. The van der Waals surface area contributed by atoms with Crippen molar-refractivity contribution in [3.05, 3.63) is 17.6 Å². The highest BCUT2D eigenvalue weighted by Crippen LogP contribution is 2.13. The maximum Gasteiger partial charge on any atom is 0.132 e. The largest absolute Gasteiger partial charge is 0.356 e. The number of rotatable bonds is 4. The molecule has 0 aromatic carbocycles. The Morgan fingerprint density at radius 3 is 2.67 bits per heavy atom. The Balaban J connectivity index is 2.97. The third kappa shape index (κ3) is 2.89. The van der Waals surface area contributed by atoms with Crippen LogP contribution in [0.2, 0.25) is 0 Å². The second-order valence-electron chi connectivity index (χ2n) is 3.81. The number of hydrogen-bond acceptors (Lipinski definition) is 4. The molecule has 0 aliphatic heterocycles. The average Bonchev–Trinajstić information content (AvgIpc) is 2.26. The van der Waals surface area contributed by atoms with Crippen LogP contribution in [0.5, 0.6) is 0 Å². The topological polar surface area (TPSA) is 55.0 Å². The lowest BCUT2D eigenvalue weighted by molar-refractivity contribution is 0.683. The van der Waals surface area contributed by atoms with Gasteiger partial charge in [-0.2, -0.15) is 0 Å². The SMILES string of the molecule is CCc1cc(N(C)C(C)CN)nc(C)n1. The molecular formula is C11H20N4. The van der Waals surface area contributed by atoms with Crippen molar-refractivity contribution in [3.63, 3.8) is 0 Å². The molecule has 0 bridgehead atoms. The summed E-state index contributed by atoms with van der Waals surface area (Å²) >= 11 is 0. The van der Waals surface area contributed by atoms with E-state index >= 15 is 0 Å². The lowest BCUT2D eigenvalue weighted by Crippen LogP contribution is -2.36. The fourth-order valence-electron chi connectivity index (χ4n) is 1.36. The van der Waals surface area contributed by atoms with Crippen molar-refractivity contribution < 1.29 is 0 Å². The third-order valence-corrected chi connectivity index (χ3v) is 2.60. The van der Waals surface area contributed by atoms with Crippen LogP contribution >= 0.6 is 0 Å². The summed E-state index contributed by atoms with van der Waals surface area (Å²) in [5.41, 5.74) is 6.71. The van der Waals surface area contributed by atoms with E-state index in [9.17, 15) is 0 Å². The highest BCUT2D eigenvalue weighted by atomic mass is 15.2. The van der Waals surface area contributed by atoms with Crippen LogP contribution in [0.4, 0.5) is 5.82 Å². The molecule has 1 aromatic heterocycles. The molecule has 0 saturated carbocycles. The number of likely N-dealkylation sites (N-methyl/N-ethyl adjacent to an activating group) is 1. The first-order valence-corrected chi connectivity index (χ1v) is 5.36. The first-order valence-electron chi connectivity index (χ1n) is 5.36. The first kappa shape index (κ1) is 11.9. The zero-order valence-corrected chi connectivity index (χ0v) is 9.99. The van der Waals surface area contributed by atoms with E-state index in [0.29, 0.717) is 12.6 Å². The molecule has 0 fully saturated rings. The van der Waals surface area contributed by atoms with Crippen LogP contribution in [0.25, 0.3) is 0 Å². The van der Waals surface area contributed by atoms with Crippen LogP contribution in [-0.2, 0) is 6.42 Å². The molecule has 0 spiro atoms. The molecule has 2 N–H and O–H groups in total. The van der Waals surface area contributed by atoms with Crippen LogP contribution in [0.3, 0.4) is 0 Å². The van der Waals surface area contributed by atoms with Crippen molar-refractivity contribution in [1.82, 2.24) is 9.97 Å². The van der Waals surface area contributed by atoms with E-state index in [1.54, 1.807) is 0 Å². The molecular weight excluding hydrogens is 188 g/mol. The van der Waals surface area contributed by atoms with Gasteiger partial charge >= 0.3 is 0 Å². The Hall–Kier alpha value is -1.16. The second kappa shape index (κ2) is 5.07. The molecule has 84 valence electrons. The molecule has 1 rings (SSSR count). The highest BCUT2D eigenvalue weighted by Gasteiger charge is 2.10. The summed E-state index contributed by atoms with van der Waals surface area (Å²) in [7, 11) is 2.01. The van der Waals surface area contributed by atoms with Gasteiger partial charge in [-0.1, -0.05) is 6.92 Å². The van der Waals surface area contributed by atoms with Gasteiger partial charge in [-0.3, -0.25) is 0 Å². The van der Waals surface area contributed by atoms with E-state index in [4.69, 9.17) is 5.73 Å². The lowest BCUT2D eigenvalue weighted by Gasteiger charge is -2.25. The standard InChI is InChI=1S/C11H20N4/c1-5-10-6-11(14-9(3)13-10)15(4)8(2)7-12/h6,8H,5,7,12H2,1-4H3. The second-order valence-corrected chi connectivity index (χ2v) is 3.81. The average molecular weight is 208 g/mol. The molecule has 15 heavy (non-hydrogen) atoms. The monoisotopic (exact) mass is 208 g/mol. The van der Waals surface area contributed by atoms with Gasteiger partial charge in [0.25, 0.3) is 0 Å². The summed E-state index contributed by atoms with van der Waals surface area (Å²) in [5, 5.41) is 0. The van der Waals surface area contributed by atoms with Crippen molar-refractivity contribution in [1.29, 1.82) is 0 Å². The summed E-state index contributed by atoms with van der Waals surface area (Å²) in [6.07, 6.45) is 0.932. The summed E-state index contributed by atoms with van der Waals surface area (Å²) in [6, 6.07) is 2.32. The van der Waals surface area contributed by atoms with Crippen molar-refractivity contribution in [2.75, 3.05) is 18.5 Å². The van der Waals surface area contributed by atoms with E-state index in [1.807, 2.05) is 20.0 Å². The minimum Gasteiger partial charge on any atom is -0.356 e. The van der Waals surface area contributed by atoms with Gasteiger partial charge in [0.05, 0.1) is 0 Å². The zero-order chi connectivity index (χ0) is 11.4. The van der Waals surface area contributed by atoms with Crippen molar-refractivity contribution in [2.24, 2.45) is 5.73 Å². The normalized spacial score (nSPS) is 12.6. The minimum atomic E-state index is 0.295. The van der Waals surface area contributed by atoms with Crippen molar-refractivity contribution >= 4 is 5.82 Å². The Morgan fingerprint density at radius 2 is 2.13 bits per heavy atom. The van der Waals surface area contributed by atoms with Gasteiger partial charge in [0.15, 0.2) is 0 Å². The van der Waals surface area contributed by atoms with E-state index in [1.165, 1.54) is 0 Å². The lowest BCUT2D eigenvalue weighted by atomic mass is 10.2. The molecule has 1 heterocycles.